The van der Waals surface area contributed by atoms with Gasteiger partial charge in [0.1, 0.15) is 18.7 Å². The zero-order chi connectivity index (χ0) is 27.2. The van der Waals surface area contributed by atoms with E-state index < -0.39 is 24.1 Å². The molecule has 0 saturated heterocycles. The van der Waals surface area contributed by atoms with Gasteiger partial charge in [0, 0.05) is 25.4 Å². The third kappa shape index (κ3) is 6.34. The lowest BCUT2D eigenvalue weighted by Gasteiger charge is -2.40. The minimum absolute atomic E-state index is 0.157. The molecule has 0 radical (unpaired) electrons. The highest BCUT2D eigenvalue weighted by atomic mass is 32.2. The van der Waals surface area contributed by atoms with Crippen molar-refractivity contribution in [3.63, 3.8) is 0 Å². The van der Waals surface area contributed by atoms with Gasteiger partial charge in [-0.2, -0.15) is 0 Å². The van der Waals surface area contributed by atoms with Crippen molar-refractivity contribution in [3.8, 4) is 0 Å². The molecule has 2 aromatic rings. The normalized spacial score (nSPS) is 19.2. The predicted octanol–water partition coefficient (Wildman–Crippen LogP) is 2.93. The number of thioether (sulfide) groups is 1. The van der Waals surface area contributed by atoms with Crippen LogP contribution in [0.15, 0.2) is 71.9 Å². The first-order chi connectivity index (χ1) is 18.3. The molecule has 38 heavy (non-hydrogen) atoms. The second-order valence-electron chi connectivity index (χ2n) is 9.80. The Bertz CT molecular complexity index is 1220. The SMILES string of the molecule is CC(=O)N1C=C(c2ccccc2)N(CC(=O)NC(Cc2ccccc2)C(O)C2=NCCS2)C(=O)C1C(C)C. The van der Waals surface area contributed by atoms with Crippen LogP contribution < -0.4 is 5.32 Å². The molecule has 2 aliphatic heterocycles. The molecule has 3 amide bonds. The van der Waals surface area contributed by atoms with Gasteiger partial charge in [0.25, 0.3) is 5.91 Å². The van der Waals surface area contributed by atoms with Crippen LogP contribution in [0.4, 0.5) is 0 Å². The molecule has 0 aromatic heterocycles. The van der Waals surface area contributed by atoms with Gasteiger partial charge in [-0.05, 0) is 23.5 Å². The number of benzene rings is 2. The minimum atomic E-state index is -0.954. The lowest BCUT2D eigenvalue weighted by atomic mass is 9.97. The summed E-state index contributed by atoms with van der Waals surface area (Å²) >= 11 is 1.49. The van der Waals surface area contributed by atoms with Crippen molar-refractivity contribution in [2.24, 2.45) is 10.9 Å². The Morgan fingerprint density at radius 2 is 1.76 bits per heavy atom. The molecule has 0 aliphatic carbocycles. The van der Waals surface area contributed by atoms with Crippen molar-refractivity contribution < 1.29 is 19.5 Å². The van der Waals surface area contributed by atoms with Crippen molar-refractivity contribution in [1.29, 1.82) is 0 Å². The largest absolute Gasteiger partial charge is 0.384 e. The Morgan fingerprint density at radius 1 is 1.11 bits per heavy atom. The Labute approximate surface area is 227 Å². The maximum absolute atomic E-state index is 13.8. The number of carbonyl (C=O) groups is 3. The molecule has 0 saturated carbocycles. The van der Waals surface area contributed by atoms with Crippen LogP contribution in [0.3, 0.4) is 0 Å². The van der Waals surface area contributed by atoms with E-state index in [1.165, 1.54) is 28.5 Å². The average molecular weight is 535 g/mol. The van der Waals surface area contributed by atoms with E-state index in [4.69, 9.17) is 0 Å². The summed E-state index contributed by atoms with van der Waals surface area (Å²) in [7, 11) is 0. The van der Waals surface area contributed by atoms with E-state index in [1.54, 1.807) is 6.20 Å². The molecule has 3 atom stereocenters. The third-order valence-corrected chi connectivity index (χ3v) is 7.68. The van der Waals surface area contributed by atoms with Gasteiger partial charge in [0.15, 0.2) is 0 Å². The number of nitrogens with zero attached hydrogens (tertiary/aromatic N) is 3. The van der Waals surface area contributed by atoms with Crippen LogP contribution in [-0.4, -0.2) is 74.7 Å². The first kappa shape index (κ1) is 27.6. The lowest BCUT2D eigenvalue weighted by molar-refractivity contribution is -0.144. The van der Waals surface area contributed by atoms with Crippen molar-refractivity contribution in [1.82, 2.24) is 15.1 Å². The number of rotatable bonds is 9. The second kappa shape index (κ2) is 12.4. The van der Waals surface area contributed by atoms with Gasteiger partial charge in [0.05, 0.1) is 16.8 Å². The van der Waals surface area contributed by atoms with Crippen LogP contribution in [-0.2, 0) is 20.8 Å². The molecular formula is C29H34N4O4S. The van der Waals surface area contributed by atoms with Crippen molar-refractivity contribution in [2.45, 2.75) is 45.4 Å². The molecular weight excluding hydrogens is 500 g/mol. The van der Waals surface area contributed by atoms with E-state index in [0.717, 1.165) is 16.9 Å². The molecule has 2 aromatic carbocycles. The van der Waals surface area contributed by atoms with Crippen LogP contribution in [0.2, 0.25) is 0 Å². The molecule has 3 unspecified atom stereocenters. The summed E-state index contributed by atoms with van der Waals surface area (Å²) in [6.07, 6.45) is 1.12. The summed E-state index contributed by atoms with van der Waals surface area (Å²) in [6.45, 7) is 5.59. The van der Waals surface area contributed by atoms with Crippen molar-refractivity contribution in [2.75, 3.05) is 18.8 Å². The predicted molar refractivity (Wildman–Crippen MR) is 150 cm³/mol. The minimum Gasteiger partial charge on any atom is -0.384 e. The first-order valence-corrected chi connectivity index (χ1v) is 13.8. The summed E-state index contributed by atoms with van der Waals surface area (Å²) in [5, 5.41) is 14.7. The van der Waals surface area contributed by atoms with Crippen LogP contribution in [0.25, 0.3) is 5.70 Å². The Balaban J connectivity index is 1.62. The van der Waals surface area contributed by atoms with E-state index in [2.05, 4.69) is 10.3 Å². The van der Waals surface area contributed by atoms with E-state index in [1.807, 2.05) is 74.5 Å². The summed E-state index contributed by atoms with van der Waals surface area (Å²) in [5.74, 6) is -0.314. The number of amides is 3. The van der Waals surface area contributed by atoms with Gasteiger partial charge in [-0.25, -0.2) is 0 Å². The number of aliphatic hydroxyl groups excluding tert-OH is 1. The van der Waals surface area contributed by atoms with Gasteiger partial charge in [-0.1, -0.05) is 74.5 Å². The third-order valence-electron chi connectivity index (χ3n) is 6.63. The maximum atomic E-state index is 13.8. The molecule has 9 heteroatoms. The number of aliphatic imine (C=N–C) groups is 1. The fourth-order valence-corrected chi connectivity index (χ4v) is 5.69. The fraction of sp³-hybridized carbons (Fsp3) is 0.379. The molecule has 2 heterocycles. The van der Waals surface area contributed by atoms with Crippen LogP contribution in [0.5, 0.6) is 0 Å². The van der Waals surface area contributed by atoms with Gasteiger partial charge in [-0.3, -0.25) is 24.3 Å². The van der Waals surface area contributed by atoms with E-state index >= 15 is 0 Å². The molecule has 2 N–H and O–H groups in total. The number of aliphatic hydroxyl groups is 1. The van der Waals surface area contributed by atoms with Crippen molar-refractivity contribution in [3.05, 3.63) is 78.0 Å². The average Bonchev–Trinajstić information content (AvgIpc) is 3.44. The second-order valence-corrected chi connectivity index (χ2v) is 10.9. The monoisotopic (exact) mass is 534 g/mol. The standard InChI is InChI=1S/C29H34N4O4S/c1-19(2)26-29(37)33(24(17-32(26)20(3)34)22-12-8-5-9-13-22)18-25(35)31-23(16-21-10-6-4-7-11-21)27(36)28-30-14-15-38-28/h4-13,17,19,23,26-27,36H,14-16,18H2,1-3H3,(H,31,35). The first-order valence-electron chi connectivity index (χ1n) is 12.8. The Morgan fingerprint density at radius 3 is 2.34 bits per heavy atom. The highest BCUT2D eigenvalue weighted by Crippen LogP contribution is 2.30. The maximum Gasteiger partial charge on any atom is 0.250 e. The smallest absolute Gasteiger partial charge is 0.250 e. The summed E-state index contributed by atoms with van der Waals surface area (Å²) in [6, 6.07) is 17.5. The quantitative estimate of drug-likeness (QED) is 0.515. The molecule has 2 aliphatic rings. The number of nitrogens with one attached hydrogen (secondary N) is 1. The Kier molecular flexibility index (Phi) is 9.01. The highest BCUT2D eigenvalue weighted by Gasteiger charge is 2.40. The van der Waals surface area contributed by atoms with Gasteiger partial charge < -0.3 is 15.3 Å². The van der Waals surface area contributed by atoms with E-state index in [9.17, 15) is 19.5 Å². The fourth-order valence-electron chi connectivity index (χ4n) is 4.78. The van der Waals surface area contributed by atoms with Crippen LogP contribution in [0.1, 0.15) is 31.9 Å². The van der Waals surface area contributed by atoms with E-state index in [-0.39, 0.29) is 24.3 Å². The summed E-state index contributed by atoms with van der Waals surface area (Å²) in [4.78, 5) is 47.0. The number of carbonyl (C=O) groups excluding carboxylic acids is 3. The molecule has 4 rings (SSSR count). The topological polar surface area (TPSA) is 102 Å². The molecule has 0 fully saturated rings. The van der Waals surface area contributed by atoms with Gasteiger partial charge in [0.2, 0.25) is 11.8 Å². The zero-order valence-electron chi connectivity index (χ0n) is 21.9. The summed E-state index contributed by atoms with van der Waals surface area (Å²) < 4.78 is 0. The highest BCUT2D eigenvalue weighted by molar-refractivity contribution is 8.14. The van der Waals surface area contributed by atoms with Crippen LogP contribution in [0, 0.1) is 5.92 Å². The van der Waals surface area contributed by atoms with Crippen molar-refractivity contribution >= 4 is 40.2 Å². The molecule has 8 nitrogen and oxygen atoms in total. The summed E-state index contributed by atoms with van der Waals surface area (Å²) in [5.41, 5.74) is 2.17. The molecule has 200 valence electrons. The molecule has 0 bridgehead atoms. The number of hydrogen-bond donors (Lipinski definition) is 2. The van der Waals surface area contributed by atoms with Gasteiger partial charge in [-0.15, -0.1) is 11.8 Å². The van der Waals surface area contributed by atoms with Gasteiger partial charge >= 0.3 is 0 Å². The number of hydrogen-bond acceptors (Lipinski definition) is 6. The van der Waals surface area contributed by atoms with Crippen LogP contribution >= 0.6 is 11.8 Å². The molecule has 0 spiro atoms. The Hall–Kier alpha value is -3.43. The van der Waals surface area contributed by atoms with E-state index in [0.29, 0.717) is 23.7 Å². The zero-order valence-corrected chi connectivity index (χ0v) is 22.7. The lowest BCUT2D eigenvalue weighted by Crippen LogP contribution is -2.57.